The van der Waals surface area contributed by atoms with Gasteiger partial charge in [0.15, 0.2) is 0 Å². The zero-order valence-corrected chi connectivity index (χ0v) is 11.4. The fourth-order valence-corrected chi connectivity index (χ4v) is 2.08. The minimum atomic E-state index is -4.27. The van der Waals surface area contributed by atoms with E-state index in [-0.39, 0.29) is 0 Å². The standard InChI is InChI=1S/C13H18F3NS/c1-10-5-6-11(13(14,15)16)9-12(10)17-7-3-4-8-18-2/h5-6,9,17H,3-4,7-8H2,1-2H3. The van der Waals surface area contributed by atoms with Crippen LogP contribution < -0.4 is 5.32 Å². The molecule has 0 unspecified atom stereocenters. The van der Waals surface area contributed by atoms with Crippen molar-refractivity contribution in [2.75, 3.05) is 23.9 Å². The van der Waals surface area contributed by atoms with Gasteiger partial charge in [0.25, 0.3) is 0 Å². The Balaban J connectivity index is 2.59. The van der Waals surface area contributed by atoms with Crippen LogP contribution >= 0.6 is 11.8 Å². The van der Waals surface area contributed by atoms with E-state index in [0.29, 0.717) is 12.2 Å². The monoisotopic (exact) mass is 277 g/mol. The second-order valence-corrected chi connectivity index (χ2v) is 5.14. The lowest BCUT2D eigenvalue weighted by Crippen LogP contribution is -2.08. The molecule has 1 rings (SSSR count). The Hall–Kier alpha value is -0.840. The second-order valence-electron chi connectivity index (χ2n) is 4.15. The predicted molar refractivity (Wildman–Crippen MR) is 72.3 cm³/mol. The summed E-state index contributed by atoms with van der Waals surface area (Å²) in [5, 5.41) is 3.08. The number of unbranched alkanes of at least 4 members (excludes halogenated alkanes) is 1. The second kappa shape index (κ2) is 6.92. The SMILES string of the molecule is CSCCCCNc1cc(C(F)(F)F)ccc1C. The van der Waals surface area contributed by atoms with E-state index in [2.05, 4.69) is 5.32 Å². The Morgan fingerprint density at radius 2 is 1.94 bits per heavy atom. The molecular formula is C13H18F3NS. The maximum Gasteiger partial charge on any atom is 0.416 e. The maximum absolute atomic E-state index is 12.6. The Kier molecular flexibility index (Phi) is 5.85. The molecule has 102 valence electrons. The van der Waals surface area contributed by atoms with E-state index in [1.165, 1.54) is 12.1 Å². The highest BCUT2D eigenvalue weighted by Crippen LogP contribution is 2.31. The van der Waals surface area contributed by atoms with Gasteiger partial charge in [0.2, 0.25) is 0 Å². The highest BCUT2D eigenvalue weighted by atomic mass is 32.2. The summed E-state index contributed by atoms with van der Waals surface area (Å²) in [7, 11) is 0. The van der Waals surface area contributed by atoms with E-state index in [1.807, 2.05) is 13.2 Å². The van der Waals surface area contributed by atoms with Gasteiger partial charge in [0.05, 0.1) is 5.56 Å². The molecule has 0 radical (unpaired) electrons. The number of aryl methyl sites for hydroxylation is 1. The molecule has 5 heteroatoms. The first-order valence-corrected chi connectivity index (χ1v) is 7.25. The van der Waals surface area contributed by atoms with E-state index in [4.69, 9.17) is 0 Å². The number of alkyl halides is 3. The number of nitrogens with one attached hydrogen (secondary N) is 1. The highest BCUT2D eigenvalue weighted by Gasteiger charge is 2.30. The van der Waals surface area contributed by atoms with Crippen LogP contribution in [0.4, 0.5) is 18.9 Å². The summed E-state index contributed by atoms with van der Waals surface area (Å²) in [6.07, 6.45) is -0.184. The fourth-order valence-electron chi connectivity index (χ4n) is 1.58. The van der Waals surface area contributed by atoms with Crippen molar-refractivity contribution in [2.45, 2.75) is 25.9 Å². The van der Waals surface area contributed by atoms with Crippen LogP contribution in [-0.2, 0) is 6.18 Å². The lowest BCUT2D eigenvalue weighted by atomic mass is 10.1. The molecule has 0 bridgehead atoms. The first-order valence-electron chi connectivity index (χ1n) is 5.86. The largest absolute Gasteiger partial charge is 0.416 e. The number of thioether (sulfide) groups is 1. The molecule has 0 aliphatic rings. The molecule has 0 aromatic heterocycles. The Bertz CT molecular complexity index is 377. The number of anilines is 1. The molecule has 18 heavy (non-hydrogen) atoms. The van der Waals surface area contributed by atoms with Gasteiger partial charge in [-0.05, 0) is 49.5 Å². The molecule has 1 aromatic rings. The van der Waals surface area contributed by atoms with E-state index in [9.17, 15) is 13.2 Å². The van der Waals surface area contributed by atoms with Crippen molar-refractivity contribution in [3.8, 4) is 0 Å². The molecule has 0 saturated carbocycles. The van der Waals surface area contributed by atoms with Crippen LogP contribution in [0, 0.1) is 6.92 Å². The third-order valence-electron chi connectivity index (χ3n) is 2.66. The van der Waals surface area contributed by atoms with Crippen molar-refractivity contribution in [1.29, 1.82) is 0 Å². The quantitative estimate of drug-likeness (QED) is 0.764. The van der Waals surface area contributed by atoms with Gasteiger partial charge in [-0.1, -0.05) is 6.07 Å². The van der Waals surface area contributed by atoms with Crippen LogP contribution in [-0.4, -0.2) is 18.6 Å². The van der Waals surface area contributed by atoms with E-state index in [0.717, 1.165) is 30.2 Å². The van der Waals surface area contributed by atoms with Crippen molar-refractivity contribution in [3.05, 3.63) is 29.3 Å². The van der Waals surface area contributed by atoms with Crippen LogP contribution in [0.3, 0.4) is 0 Å². The van der Waals surface area contributed by atoms with Crippen LogP contribution in [0.25, 0.3) is 0 Å². The fraction of sp³-hybridized carbons (Fsp3) is 0.538. The van der Waals surface area contributed by atoms with Crippen LogP contribution in [0.1, 0.15) is 24.0 Å². The summed E-state index contributed by atoms with van der Waals surface area (Å²) in [6, 6.07) is 3.81. The molecule has 0 heterocycles. The zero-order valence-electron chi connectivity index (χ0n) is 10.6. The Labute approximate surface area is 110 Å². The first kappa shape index (κ1) is 15.2. The molecular weight excluding hydrogens is 259 g/mol. The third-order valence-corrected chi connectivity index (χ3v) is 3.35. The first-order chi connectivity index (χ1) is 8.45. The van der Waals surface area contributed by atoms with Crippen molar-refractivity contribution < 1.29 is 13.2 Å². The molecule has 0 spiro atoms. The van der Waals surface area contributed by atoms with Crippen molar-refractivity contribution >= 4 is 17.4 Å². The Morgan fingerprint density at radius 3 is 2.56 bits per heavy atom. The molecule has 0 amide bonds. The predicted octanol–water partition coefficient (Wildman–Crippen LogP) is 4.57. The number of rotatable bonds is 6. The maximum atomic E-state index is 12.6. The Morgan fingerprint density at radius 1 is 1.22 bits per heavy atom. The van der Waals surface area contributed by atoms with Gasteiger partial charge in [-0.2, -0.15) is 24.9 Å². The minimum absolute atomic E-state index is 0.578. The van der Waals surface area contributed by atoms with Gasteiger partial charge in [0, 0.05) is 12.2 Å². The number of hydrogen-bond acceptors (Lipinski definition) is 2. The average Bonchev–Trinajstić information content (AvgIpc) is 2.29. The normalized spacial score (nSPS) is 11.6. The number of hydrogen-bond donors (Lipinski definition) is 1. The van der Waals surface area contributed by atoms with Crippen LogP contribution in [0.2, 0.25) is 0 Å². The van der Waals surface area contributed by atoms with Gasteiger partial charge < -0.3 is 5.32 Å². The van der Waals surface area contributed by atoms with E-state index < -0.39 is 11.7 Å². The summed E-state index contributed by atoms with van der Waals surface area (Å²) >= 11 is 1.78. The topological polar surface area (TPSA) is 12.0 Å². The van der Waals surface area contributed by atoms with Crippen molar-refractivity contribution in [1.82, 2.24) is 0 Å². The smallest absolute Gasteiger partial charge is 0.385 e. The molecule has 0 fully saturated rings. The molecule has 0 aliphatic carbocycles. The van der Waals surface area contributed by atoms with Gasteiger partial charge >= 0.3 is 6.18 Å². The van der Waals surface area contributed by atoms with E-state index >= 15 is 0 Å². The lowest BCUT2D eigenvalue weighted by Gasteiger charge is -2.13. The number of halogens is 3. The highest BCUT2D eigenvalue weighted by molar-refractivity contribution is 7.98. The van der Waals surface area contributed by atoms with E-state index in [1.54, 1.807) is 11.8 Å². The molecule has 0 aliphatic heterocycles. The zero-order chi connectivity index (χ0) is 13.6. The summed E-state index contributed by atoms with van der Waals surface area (Å²) in [4.78, 5) is 0. The average molecular weight is 277 g/mol. The van der Waals surface area contributed by atoms with Crippen LogP contribution in [0.5, 0.6) is 0 Å². The van der Waals surface area contributed by atoms with Crippen LogP contribution in [0.15, 0.2) is 18.2 Å². The molecule has 0 atom stereocenters. The van der Waals surface area contributed by atoms with Gasteiger partial charge in [0.1, 0.15) is 0 Å². The van der Waals surface area contributed by atoms with Gasteiger partial charge in [-0.3, -0.25) is 0 Å². The van der Waals surface area contributed by atoms with Gasteiger partial charge in [-0.15, -0.1) is 0 Å². The molecule has 1 nitrogen and oxygen atoms in total. The lowest BCUT2D eigenvalue weighted by molar-refractivity contribution is -0.137. The summed E-state index contributed by atoms with van der Waals surface area (Å²) in [5.74, 6) is 1.09. The molecule has 1 N–H and O–H groups in total. The van der Waals surface area contributed by atoms with Crippen molar-refractivity contribution in [2.24, 2.45) is 0 Å². The summed E-state index contributed by atoms with van der Waals surface area (Å²) < 4.78 is 37.7. The van der Waals surface area contributed by atoms with Crippen molar-refractivity contribution in [3.63, 3.8) is 0 Å². The molecule has 0 saturated heterocycles. The molecule has 1 aromatic carbocycles. The number of benzene rings is 1. The van der Waals surface area contributed by atoms with Gasteiger partial charge in [-0.25, -0.2) is 0 Å². The minimum Gasteiger partial charge on any atom is -0.385 e. The summed E-state index contributed by atoms with van der Waals surface area (Å²) in [5.41, 5.74) is 0.821. The summed E-state index contributed by atoms with van der Waals surface area (Å²) in [6.45, 7) is 2.52. The third kappa shape index (κ3) is 4.80.